The summed E-state index contributed by atoms with van der Waals surface area (Å²) in [6.07, 6.45) is 0. The van der Waals surface area contributed by atoms with Gasteiger partial charge in [0, 0.05) is 16.5 Å². The molecule has 0 fully saturated rings. The summed E-state index contributed by atoms with van der Waals surface area (Å²) >= 11 is 0. The number of fused-ring (bicyclic) bond motifs is 2. The Hall–Kier alpha value is -4.30. The first-order chi connectivity index (χ1) is 16.3. The van der Waals surface area contributed by atoms with E-state index >= 15 is 0 Å². The van der Waals surface area contributed by atoms with E-state index in [0.717, 1.165) is 39.1 Å². The third-order valence-electron chi connectivity index (χ3n) is 6.13. The lowest BCUT2D eigenvalue weighted by molar-refractivity contribution is 1.10. The second-order valence-corrected chi connectivity index (χ2v) is 8.30. The van der Waals surface area contributed by atoms with Crippen molar-refractivity contribution in [1.82, 2.24) is 9.97 Å². The molecule has 0 bridgehead atoms. The van der Waals surface area contributed by atoms with Crippen molar-refractivity contribution in [1.29, 1.82) is 0 Å². The number of aromatic nitrogens is 2. The van der Waals surface area contributed by atoms with Gasteiger partial charge < -0.3 is 0 Å². The maximum absolute atomic E-state index is 4.98. The molecule has 0 atom stereocenters. The predicted molar refractivity (Wildman–Crippen MR) is 138 cm³/mol. The Morgan fingerprint density at radius 3 is 1.91 bits per heavy atom. The zero-order valence-corrected chi connectivity index (χ0v) is 18.4. The highest BCUT2D eigenvalue weighted by Crippen LogP contribution is 2.39. The lowest BCUT2D eigenvalue weighted by Crippen LogP contribution is -1.97. The molecule has 0 aliphatic rings. The second-order valence-electron chi connectivity index (χ2n) is 8.30. The van der Waals surface area contributed by atoms with Crippen molar-refractivity contribution in [3.8, 4) is 33.5 Å². The Labute approximate surface area is 193 Å². The molecule has 2 nitrogen and oxygen atoms in total. The molecule has 0 radical (unpaired) electrons. The second kappa shape index (κ2) is 7.99. The first-order valence-corrected chi connectivity index (χ1v) is 11.2. The van der Waals surface area contributed by atoms with Crippen LogP contribution in [-0.4, -0.2) is 9.97 Å². The largest absolute Gasteiger partial charge is 0.233 e. The van der Waals surface area contributed by atoms with Crippen LogP contribution >= 0.6 is 0 Å². The van der Waals surface area contributed by atoms with Gasteiger partial charge in [0.05, 0.1) is 11.2 Å². The van der Waals surface area contributed by atoms with Gasteiger partial charge in [-0.1, -0.05) is 103 Å². The van der Waals surface area contributed by atoms with Gasteiger partial charge >= 0.3 is 0 Å². The fraction of sp³-hybridized carbons (Fsp3) is 0.0323. The van der Waals surface area contributed by atoms with Crippen molar-refractivity contribution in [2.24, 2.45) is 0 Å². The fourth-order valence-corrected chi connectivity index (χ4v) is 4.64. The van der Waals surface area contributed by atoms with E-state index in [4.69, 9.17) is 9.97 Å². The molecular weight excluding hydrogens is 400 g/mol. The lowest BCUT2D eigenvalue weighted by atomic mass is 9.91. The van der Waals surface area contributed by atoms with Gasteiger partial charge in [-0.15, -0.1) is 0 Å². The van der Waals surface area contributed by atoms with Gasteiger partial charge in [-0.05, 0) is 46.5 Å². The summed E-state index contributed by atoms with van der Waals surface area (Å²) in [5.74, 6) is 0.775. The van der Waals surface area contributed by atoms with Gasteiger partial charge in [-0.3, -0.25) is 0 Å². The van der Waals surface area contributed by atoms with Crippen LogP contribution in [-0.2, 0) is 0 Å². The minimum absolute atomic E-state index is 0.775. The predicted octanol–water partition coefficient (Wildman–Crippen LogP) is 8.09. The molecule has 0 N–H and O–H groups in total. The summed E-state index contributed by atoms with van der Waals surface area (Å²) in [4.78, 5) is 9.85. The van der Waals surface area contributed by atoms with Crippen molar-refractivity contribution in [3.63, 3.8) is 0 Å². The number of aryl methyl sites for hydroxylation is 1. The molecule has 0 saturated heterocycles. The molecule has 6 aromatic rings. The Kier molecular flexibility index (Phi) is 4.70. The highest BCUT2D eigenvalue weighted by atomic mass is 14.9. The van der Waals surface area contributed by atoms with E-state index in [1.54, 1.807) is 0 Å². The molecule has 2 heteroatoms. The number of nitrogens with zero attached hydrogens (tertiary/aromatic N) is 2. The summed E-state index contributed by atoms with van der Waals surface area (Å²) in [7, 11) is 0. The minimum Gasteiger partial charge on any atom is -0.233 e. The van der Waals surface area contributed by atoms with E-state index in [1.165, 1.54) is 21.9 Å². The van der Waals surface area contributed by atoms with E-state index in [2.05, 4.69) is 109 Å². The highest BCUT2D eigenvalue weighted by Gasteiger charge is 2.16. The Bertz CT molecular complexity index is 1600. The number of hydrogen-bond donors (Lipinski definition) is 0. The number of hydrogen-bond acceptors (Lipinski definition) is 2. The maximum Gasteiger partial charge on any atom is 0.126 e. The molecule has 0 amide bonds. The average Bonchev–Trinajstić information content (AvgIpc) is 2.88. The van der Waals surface area contributed by atoms with E-state index < -0.39 is 0 Å². The molecule has 33 heavy (non-hydrogen) atoms. The van der Waals surface area contributed by atoms with Gasteiger partial charge in [-0.2, -0.15) is 0 Å². The molecule has 0 saturated carbocycles. The van der Waals surface area contributed by atoms with Crippen molar-refractivity contribution in [3.05, 3.63) is 121 Å². The van der Waals surface area contributed by atoms with Gasteiger partial charge in [0.2, 0.25) is 0 Å². The van der Waals surface area contributed by atoms with Gasteiger partial charge in [0.25, 0.3) is 0 Å². The Morgan fingerprint density at radius 2 is 1.12 bits per heavy atom. The van der Waals surface area contributed by atoms with Crippen LogP contribution in [0, 0.1) is 6.92 Å². The molecule has 1 heterocycles. The van der Waals surface area contributed by atoms with Gasteiger partial charge in [-0.25, -0.2) is 9.97 Å². The average molecular weight is 423 g/mol. The van der Waals surface area contributed by atoms with Crippen molar-refractivity contribution < 1.29 is 0 Å². The standard InChI is InChI=1S/C31H22N2/c1-21-32-30(23-13-6-3-7-14-23)28-20-25-15-8-9-18-27(25)29(31(28)33-21)26-17-10-16-24(19-26)22-11-4-2-5-12-22/h2-20H,1H3. The number of rotatable bonds is 3. The van der Waals surface area contributed by atoms with Crippen LogP contribution in [0.1, 0.15) is 5.82 Å². The summed E-state index contributed by atoms with van der Waals surface area (Å²) in [5, 5.41) is 3.47. The van der Waals surface area contributed by atoms with Gasteiger partial charge in [0.1, 0.15) is 5.82 Å². The summed E-state index contributed by atoms with van der Waals surface area (Å²) in [5.41, 5.74) is 7.79. The zero-order chi connectivity index (χ0) is 22.2. The zero-order valence-electron chi connectivity index (χ0n) is 18.4. The first kappa shape index (κ1) is 19.4. The fourth-order valence-electron chi connectivity index (χ4n) is 4.64. The van der Waals surface area contributed by atoms with Crippen molar-refractivity contribution >= 4 is 21.7 Å². The third kappa shape index (κ3) is 3.46. The van der Waals surface area contributed by atoms with Crippen LogP contribution in [0.2, 0.25) is 0 Å². The van der Waals surface area contributed by atoms with Crippen LogP contribution in [0.25, 0.3) is 55.2 Å². The van der Waals surface area contributed by atoms with Crippen molar-refractivity contribution in [2.75, 3.05) is 0 Å². The molecule has 0 aliphatic carbocycles. The van der Waals surface area contributed by atoms with E-state index in [1.807, 2.05) is 13.0 Å². The quantitative estimate of drug-likeness (QED) is 0.269. The number of benzene rings is 5. The Balaban J connectivity index is 1.71. The summed E-state index contributed by atoms with van der Waals surface area (Å²) < 4.78 is 0. The van der Waals surface area contributed by atoms with E-state index in [0.29, 0.717) is 0 Å². The first-order valence-electron chi connectivity index (χ1n) is 11.2. The molecule has 0 spiro atoms. The lowest BCUT2D eigenvalue weighted by Gasteiger charge is -2.15. The van der Waals surface area contributed by atoms with Crippen molar-refractivity contribution in [2.45, 2.75) is 6.92 Å². The summed E-state index contributed by atoms with van der Waals surface area (Å²) in [6, 6.07) is 40.5. The third-order valence-corrected chi connectivity index (χ3v) is 6.13. The molecule has 156 valence electrons. The van der Waals surface area contributed by atoms with Crippen LogP contribution in [0.5, 0.6) is 0 Å². The van der Waals surface area contributed by atoms with Crippen LogP contribution < -0.4 is 0 Å². The normalized spacial score (nSPS) is 11.2. The maximum atomic E-state index is 4.98. The monoisotopic (exact) mass is 422 g/mol. The minimum atomic E-state index is 0.775. The smallest absolute Gasteiger partial charge is 0.126 e. The molecule has 0 unspecified atom stereocenters. The molecule has 6 rings (SSSR count). The SMILES string of the molecule is Cc1nc(-c2ccccc2)c2cc3ccccc3c(-c3cccc(-c4ccccc4)c3)c2n1. The topological polar surface area (TPSA) is 25.8 Å². The Morgan fingerprint density at radius 1 is 0.485 bits per heavy atom. The van der Waals surface area contributed by atoms with Gasteiger partial charge in [0.15, 0.2) is 0 Å². The van der Waals surface area contributed by atoms with Crippen LogP contribution in [0.3, 0.4) is 0 Å². The molecule has 0 aliphatic heterocycles. The van der Waals surface area contributed by atoms with E-state index in [-0.39, 0.29) is 0 Å². The molecular formula is C31H22N2. The summed E-state index contributed by atoms with van der Waals surface area (Å²) in [6.45, 7) is 1.98. The van der Waals surface area contributed by atoms with Crippen LogP contribution in [0.15, 0.2) is 115 Å². The highest BCUT2D eigenvalue weighted by molar-refractivity contribution is 6.14. The molecule has 5 aromatic carbocycles. The van der Waals surface area contributed by atoms with E-state index in [9.17, 15) is 0 Å². The van der Waals surface area contributed by atoms with Crippen LogP contribution in [0.4, 0.5) is 0 Å². The molecule has 1 aromatic heterocycles.